The molecule has 0 saturated carbocycles. The molecule has 0 radical (unpaired) electrons. The SMILES string of the molecule is CCOCCNc1nc(Cl)nc(N(CC)CC)n1. The first kappa shape index (κ1) is 14.9. The largest absolute Gasteiger partial charge is 0.380 e. The van der Waals surface area contributed by atoms with Crippen molar-refractivity contribution in [2.24, 2.45) is 0 Å². The lowest BCUT2D eigenvalue weighted by Crippen LogP contribution is -2.25. The van der Waals surface area contributed by atoms with E-state index in [-0.39, 0.29) is 5.28 Å². The number of nitrogens with zero attached hydrogens (tertiary/aromatic N) is 4. The molecule has 0 bridgehead atoms. The fourth-order valence-electron chi connectivity index (χ4n) is 1.45. The minimum absolute atomic E-state index is 0.200. The molecule has 0 aliphatic carbocycles. The minimum Gasteiger partial charge on any atom is -0.380 e. The fraction of sp³-hybridized carbons (Fsp3) is 0.727. The average Bonchev–Trinajstić information content (AvgIpc) is 2.36. The lowest BCUT2D eigenvalue weighted by atomic mass is 10.5. The maximum Gasteiger partial charge on any atom is 0.231 e. The van der Waals surface area contributed by atoms with Crippen molar-refractivity contribution in [3.8, 4) is 0 Å². The standard InChI is InChI=1S/C11H20ClN5O/c1-4-17(5-2)11-15-9(12)14-10(16-11)13-7-8-18-6-3/h4-8H2,1-3H3,(H,13,14,15,16). The first-order chi connectivity index (χ1) is 8.71. The molecule has 0 saturated heterocycles. The van der Waals surface area contributed by atoms with Gasteiger partial charge in [0.05, 0.1) is 6.61 Å². The van der Waals surface area contributed by atoms with Crippen molar-refractivity contribution in [3.05, 3.63) is 5.28 Å². The maximum absolute atomic E-state index is 5.89. The lowest BCUT2D eigenvalue weighted by Gasteiger charge is -2.18. The van der Waals surface area contributed by atoms with Crippen molar-refractivity contribution in [1.82, 2.24) is 15.0 Å². The van der Waals surface area contributed by atoms with Crippen LogP contribution in [0.4, 0.5) is 11.9 Å². The summed E-state index contributed by atoms with van der Waals surface area (Å²) >= 11 is 5.89. The second kappa shape index (κ2) is 8.05. The van der Waals surface area contributed by atoms with Crippen LogP contribution in [0, 0.1) is 0 Å². The number of anilines is 2. The van der Waals surface area contributed by atoms with E-state index in [1.165, 1.54) is 0 Å². The summed E-state index contributed by atoms with van der Waals surface area (Å²) in [7, 11) is 0. The van der Waals surface area contributed by atoms with Crippen molar-refractivity contribution >= 4 is 23.5 Å². The molecule has 7 heteroatoms. The molecule has 1 aromatic heterocycles. The van der Waals surface area contributed by atoms with Gasteiger partial charge in [-0.1, -0.05) is 0 Å². The van der Waals surface area contributed by atoms with E-state index in [2.05, 4.69) is 20.3 Å². The highest BCUT2D eigenvalue weighted by molar-refractivity contribution is 6.28. The van der Waals surface area contributed by atoms with Gasteiger partial charge in [-0.05, 0) is 32.4 Å². The van der Waals surface area contributed by atoms with Crippen molar-refractivity contribution in [3.63, 3.8) is 0 Å². The summed E-state index contributed by atoms with van der Waals surface area (Å²) in [6.45, 7) is 9.66. The molecule has 0 aromatic carbocycles. The van der Waals surface area contributed by atoms with Crippen LogP contribution < -0.4 is 10.2 Å². The number of halogens is 1. The summed E-state index contributed by atoms with van der Waals surface area (Å²) in [6, 6.07) is 0. The second-order valence-electron chi connectivity index (χ2n) is 3.52. The molecule has 0 amide bonds. The minimum atomic E-state index is 0.200. The Morgan fingerprint density at radius 2 is 1.89 bits per heavy atom. The van der Waals surface area contributed by atoms with Crippen LogP contribution >= 0.6 is 11.6 Å². The zero-order valence-electron chi connectivity index (χ0n) is 11.1. The van der Waals surface area contributed by atoms with Crippen LogP contribution in [0.3, 0.4) is 0 Å². The molecule has 102 valence electrons. The predicted octanol–water partition coefficient (Wildman–Crippen LogP) is 1.82. The van der Waals surface area contributed by atoms with Gasteiger partial charge in [0.2, 0.25) is 17.2 Å². The van der Waals surface area contributed by atoms with E-state index in [1.807, 2.05) is 25.7 Å². The third-order valence-electron chi connectivity index (χ3n) is 2.38. The Morgan fingerprint density at radius 1 is 1.17 bits per heavy atom. The summed E-state index contributed by atoms with van der Waals surface area (Å²) in [6.07, 6.45) is 0. The molecule has 1 aromatic rings. The van der Waals surface area contributed by atoms with Gasteiger partial charge in [0.25, 0.3) is 0 Å². The van der Waals surface area contributed by atoms with E-state index in [0.717, 1.165) is 13.1 Å². The summed E-state index contributed by atoms with van der Waals surface area (Å²) in [5, 5.41) is 3.27. The van der Waals surface area contributed by atoms with E-state index >= 15 is 0 Å². The Hall–Kier alpha value is -1.14. The molecule has 1 N–H and O–H groups in total. The summed E-state index contributed by atoms with van der Waals surface area (Å²) < 4.78 is 5.23. The number of hydrogen-bond acceptors (Lipinski definition) is 6. The van der Waals surface area contributed by atoms with Crippen LogP contribution in [-0.2, 0) is 4.74 Å². The van der Waals surface area contributed by atoms with Gasteiger partial charge in [0, 0.05) is 26.2 Å². The third-order valence-corrected chi connectivity index (χ3v) is 2.55. The Morgan fingerprint density at radius 3 is 2.50 bits per heavy atom. The lowest BCUT2D eigenvalue weighted by molar-refractivity contribution is 0.158. The van der Waals surface area contributed by atoms with E-state index in [9.17, 15) is 0 Å². The van der Waals surface area contributed by atoms with Gasteiger partial charge in [0.1, 0.15) is 0 Å². The number of aromatic nitrogens is 3. The molecular weight excluding hydrogens is 254 g/mol. The zero-order chi connectivity index (χ0) is 13.4. The predicted molar refractivity (Wildman–Crippen MR) is 73.4 cm³/mol. The Labute approximate surface area is 113 Å². The molecule has 0 spiro atoms. The van der Waals surface area contributed by atoms with Crippen molar-refractivity contribution in [2.75, 3.05) is 43.1 Å². The first-order valence-corrected chi connectivity index (χ1v) is 6.57. The first-order valence-electron chi connectivity index (χ1n) is 6.19. The smallest absolute Gasteiger partial charge is 0.231 e. The molecule has 0 unspecified atom stereocenters. The second-order valence-corrected chi connectivity index (χ2v) is 3.86. The van der Waals surface area contributed by atoms with E-state index in [0.29, 0.717) is 31.7 Å². The summed E-state index contributed by atoms with van der Waals surface area (Å²) in [5.74, 6) is 1.08. The van der Waals surface area contributed by atoms with Gasteiger partial charge in [-0.2, -0.15) is 15.0 Å². The van der Waals surface area contributed by atoms with Gasteiger partial charge in [-0.15, -0.1) is 0 Å². The highest BCUT2D eigenvalue weighted by atomic mass is 35.5. The molecule has 0 aliphatic rings. The zero-order valence-corrected chi connectivity index (χ0v) is 11.9. The van der Waals surface area contributed by atoms with Gasteiger partial charge in [0.15, 0.2) is 0 Å². The number of hydrogen-bond donors (Lipinski definition) is 1. The molecule has 0 aliphatic heterocycles. The van der Waals surface area contributed by atoms with Crippen molar-refractivity contribution in [2.45, 2.75) is 20.8 Å². The average molecular weight is 274 g/mol. The van der Waals surface area contributed by atoms with Crippen LogP contribution in [-0.4, -0.2) is 47.8 Å². The molecule has 6 nitrogen and oxygen atoms in total. The van der Waals surface area contributed by atoms with Gasteiger partial charge in [-0.25, -0.2) is 0 Å². The summed E-state index contributed by atoms with van der Waals surface area (Å²) in [5.41, 5.74) is 0. The Kier molecular flexibility index (Phi) is 6.67. The quantitative estimate of drug-likeness (QED) is 0.729. The van der Waals surface area contributed by atoms with Crippen LogP contribution in [0.5, 0.6) is 0 Å². The van der Waals surface area contributed by atoms with E-state index in [1.54, 1.807) is 0 Å². The number of rotatable bonds is 8. The van der Waals surface area contributed by atoms with E-state index < -0.39 is 0 Å². The monoisotopic (exact) mass is 273 g/mol. The highest BCUT2D eigenvalue weighted by Gasteiger charge is 2.09. The van der Waals surface area contributed by atoms with Crippen molar-refractivity contribution in [1.29, 1.82) is 0 Å². The van der Waals surface area contributed by atoms with Crippen LogP contribution in [0.2, 0.25) is 5.28 Å². The molecule has 1 heterocycles. The van der Waals surface area contributed by atoms with Crippen LogP contribution in [0.15, 0.2) is 0 Å². The molecule has 0 fully saturated rings. The van der Waals surface area contributed by atoms with Crippen LogP contribution in [0.25, 0.3) is 0 Å². The van der Waals surface area contributed by atoms with Gasteiger partial charge < -0.3 is 15.0 Å². The molecular formula is C11H20ClN5O. The maximum atomic E-state index is 5.89. The topological polar surface area (TPSA) is 63.2 Å². The number of ether oxygens (including phenoxy) is 1. The summed E-state index contributed by atoms with van der Waals surface area (Å²) in [4.78, 5) is 14.5. The third kappa shape index (κ3) is 4.62. The van der Waals surface area contributed by atoms with E-state index in [4.69, 9.17) is 16.3 Å². The normalized spacial score (nSPS) is 10.4. The molecule has 0 atom stereocenters. The molecule has 18 heavy (non-hydrogen) atoms. The molecule has 1 rings (SSSR count). The van der Waals surface area contributed by atoms with Gasteiger partial charge in [-0.3, -0.25) is 0 Å². The fourth-order valence-corrected chi connectivity index (χ4v) is 1.60. The van der Waals surface area contributed by atoms with Gasteiger partial charge >= 0.3 is 0 Å². The van der Waals surface area contributed by atoms with Crippen LogP contribution in [0.1, 0.15) is 20.8 Å². The Balaban J connectivity index is 2.68. The highest BCUT2D eigenvalue weighted by Crippen LogP contribution is 2.13. The van der Waals surface area contributed by atoms with Crippen molar-refractivity contribution < 1.29 is 4.74 Å². The Bertz CT molecular complexity index is 359. The number of nitrogens with one attached hydrogen (secondary N) is 1.